The van der Waals surface area contributed by atoms with Gasteiger partial charge < -0.3 is 9.47 Å². The van der Waals surface area contributed by atoms with Crippen molar-refractivity contribution in [3.05, 3.63) is 12.7 Å². The summed E-state index contributed by atoms with van der Waals surface area (Å²) < 4.78 is 10.9. The third-order valence-electron chi connectivity index (χ3n) is 2.41. The average Bonchev–Trinajstić information content (AvgIpc) is 2.20. The van der Waals surface area contributed by atoms with Crippen molar-refractivity contribution in [2.24, 2.45) is 0 Å². The molecule has 0 aromatic heterocycles. The smallest absolute Gasteiger partial charge is 0.0597 e. The Balaban J connectivity index is 1.99. The molecule has 0 aliphatic carbocycles. The van der Waals surface area contributed by atoms with E-state index in [9.17, 15) is 0 Å². The molecule has 1 unspecified atom stereocenters. The largest absolute Gasteiger partial charge is 0.379 e. The summed E-state index contributed by atoms with van der Waals surface area (Å²) in [7, 11) is 0. The third kappa shape index (κ3) is 4.74. The number of hydrogen-bond donors (Lipinski definition) is 0. The Hall–Kier alpha value is -0.380. The maximum atomic E-state index is 5.63. The molecule has 14 heavy (non-hydrogen) atoms. The molecule has 1 heterocycles. The fourth-order valence-corrected chi connectivity index (χ4v) is 1.51. The van der Waals surface area contributed by atoms with Gasteiger partial charge in [0.15, 0.2) is 0 Å². The summed E-state index contributed by atoms with van der Waals surface area (Å²) >= 11 is 0. The Kier molecular flexibility index (Phi) is 5.83. The second kappa shape index (κ2) is 6.98. The zero-order valence-corrected chi connectivity index (χ0v) is 9.08. The van der Waals surface area contributed by atoms with E-state index in [2.05, 4.69) is 18.4 Å². The van der Waals surface area contributed by atoms with Crippen molar-refractivity contribution >= 4 is 0 Å². The average molecular weight is 199 g/mol. The van der Waals surface area contributed by atoms with Gasteiger partial charge in [-0.05, 0) is 13.3 Å². The quantitative estimate of drug-likeness (QED) is 0.602. The van der Waals surface area contributed by atoms with Crippen molar-refractivity contribution in [2.45, 2.75) is 19.4 Å². The molecule has 0 radical (unpaired) electrons. The van der Waals surface area contributed by atoms with Crippen LogP contribution in [0.4, 0.5) is 0 Å². The minimum absolute atomic E-state index is 0.300. The van der Waals surface area contributed by atoms with Crippen LogP contribution in [0.3, 0.4) is 0 Å². The monoisotopic (exact) mass is 199 g/mol. The van der Waals surface area contributed by atoms with Crippen molar-refractivity contribution in [3.63, 3.8) is 0 Å². The highest BCUT2D eigenvalue weighted by molar-refractivity contribution is 4.70. The van der Waals surface area contributed by atoms with Gasteiger partial charge in [0.2, 0.25) is 0 Å². The molecule has 1 aliphatic rings. The fourth-order valence-electron chi connectivity index (χ4n) is 1.51. The van der Waals surface area contributed by atoms with E-state index in [1.807, 2.05) is 6.08 Å². The summed E-state index contributed by atoms with van der Waals surface area (Å²) in [5.41, 5.74) is 0. The van der Waals surface area contributed by atoms with E-state index in [4.69, 9.17) is 9.47 Å². The lowest BCUT2D eigenvalue weighted by atomic mass is 10.3. The molecule has 1 saturated heterocycles. The Bertz CT molecular complexity index is 155. The second-order valence-corrected chi connectivity index (χ2v) is 3.66. The molecule has 1 rings (SSSR count). The zero-order chi connectivity index (χ0) is 10.2. The van der Waals surface area contributed by atoms with Gasteiger partial charge >= 0.3 is 0 Å². The Labute approximate surface area is 86.7 Å². The molecule has 3 nitrogen and oxygen atoms in total. The lowest BCUT2D eigenvalue weighted by Crippen LogP contribution is -2.38. The highest BCUT2D eigenvalue weighted by Gasteiger charge is 2.09. The highest BCUT2D eigenvalue weighted by Crippen LogP contribution is 2.00. The van der Waals surface area contributed by atoms with Gasteiger partial charge in [0.25, 0.3) is 0 Å². The van der Waals surface area contributed by atoms with Crippen LogP contribution in [0, 0.1) is 0 Å². The number of morpholine rings is 1. The van der Waals surface area contributed by atoms with Crippen LogP contribution in [0.5, 0.6) is 0 Å². The Morgan fingerprint density at radius 1 is 1.50 bits per heavy atom. The van der Waals surface area contributed by atoms with Gasteiger partial charge in [-0.1, -0.05) is 6.08 Å². The van der Waals surface area contributed by atoms with Crippen LogP contribution in [-0.2, 0) is 9.47 Å². The van der Waals surface area contributed by atoms with Crippen LogP contribution < -0.4 is 0 Å². The number of ether oxygens (including phenoxy) is 2. The van der Waals surface area contributed by atoms with Crippen LogP contribution in [-0.4, -0.2) is 50.5 Å². The minimum atomic E-state index is 0.300. The molecular weight excluding hydrogens is 178 g/mol. The van der Waals surface area contributed by atoms with Crippen molar-refractivity contribution in [3.8, 4) is 0 Å². The Morgan fingerprint density at radius 3 is 2.86 bits per heavy atom. The summed E-state index contributed by atoms with van der Waals surface area (Å²) in [5, 5.41) is 0. The zero-order valence-electron chi connectivity index (χ0n) is 9.08. The lowest BCUT2D eigenvalue weighted by Gasteiger charge is -2.26. The normalized spacial score (nSPS) is 20.6. The van der Waals surface area contributed by atoms with E-state index < -0.39 is 0 Å². The summed E-state index contributed by atoms with van der Waals surface area (Å²) in [6.45, 7) is 11.4. The van der Waals surface area contributed by atoms with Crippen molar-refractivity contribution in [1.82, 2.24) is 4.90 Å². The molecule has 0 spiro atoms. The molecular formula is C11H21NO2. The maximum absolute atomic E-state index is 5.63. The molecule has 82 valence electrons. The first kappa shape index (κ1) is 11.7. The maximum Gasteiger partial charge on any atom is 0.0597 e. The number of nitrogens with zero attached hydrogens (tertiary/aromatic N) is 1. The molecule has 1 fully saturated rings. The van der Waals surface area contributed by atoms with Gasteiger partial charge in [-0.15, -0.1) is 6.58 Å². The third-order valence-corrected chi connectivity index (χ3v) is 2.41. The van der Waals surface area contributed by atoms with Crippen LogP contribution in [0.1, 0.15) is 13.3 Å². The standard InChI is InChI=1S/C11H21NO2/c1-3-4-11(2)14-10-7-12-5-8-13-9-6-12/h3,11H,1,4-10H2,2H3. The van der Waals surface area contributed by atoms with Crippen LogP contribution in [0.2, 0.25) is 0 Å². The van der Waals surface area contributed by atoms with Gasteiger partial charge in [0, 0.05) is 19.6 Å². The topological polar surface area (TPSA) is 21.7 Å². The number of rotatable bonds is 6. The lowest BCUT2D eigenvalue weighted by molar-refractivity contribution is 0.00670. The van der Waals surface area contributed by atoms with E-state index in [0.717, 1.165) is 45.9 Å². The second-order valence-electron chi connectivity index (χ2n) is 3.66. The molecule has 0 saturated carbocycles. The molecule has 0 N–H and O–H groups in total. The predicted molar refractivity (Wildman–Crippen MR) is 57.5 cm³/mol. The van der Waals surface area contributed by atoms with E-state index in [1.165, 1.54) is 0 Å². The summed E-state index contributed by atoms with van der Waals surface area (Å²) in [4.78, 5) is 2.38. The fraction of sp³-hybridized carbons (Fsp3) is 0.818. The van der Waals surface area contributed by atoms with E-state index in [1.54, 1.807) is 0 Å². The van der Waals surface area contributed by atoms with Gasteiger partial charge in [-0.2, -0.15) is 0 Å². The first-order chi connectivity index (χ1) is 6.83. The first-order valence-electron chi connectivity index (χ1n) is 5.35. The minimum Gasteiger partial charge on any atom is -0.379 e. The van der Waals surface area contributed by atoms with E-state index in [-0.39, 0.29) is 0 Å². The van der Waals surface area contributed by atoms with Crippen molar-refractivity contribution < 1.29 is 9.47 Å². The molecule has 3 heteroatoms. The van der Waals surface area contributed by atoms with Gasteiger partial charge in [0.1, 0.15) is 0 Å². The van der Waals surface area contributed by atoms with E-state index in [0.29, 0.717) is 6.10 Å². The van der Waals surface area contributed by atoms with Crippen LogP contribution >= 0.6 is 0 Å². The summed E-state index contributed by atoms with van der Waals surface area (Å²) in [6.07, 6.45) is 3.14. The molecule has 0 aromatic rings. The summed E-state index contributed by atoms with van der Waals surface area (Å²) in [5.74, 6) is 0. The van der Waals surface area contributed by atoms with Crippen LogP contribution in [0.15, 0.2) is 12.7 Å². The van der Waals surface area contributed by atoms with Gasteiger partial charge in [0.05, 0.1) is 25.9 Å². The van der Waals surface area contributed by atoms with Crippen LogP contribution in [0.25, 0.3) is 0 Å². The molecule has 0 aromatic carbocycles. The highest BCUT2D eigenvalue weighted by atomic mass is 16.5. The Morgan fingerprint density at radius 2 is 2.21 bits per heavy atom. The molecule has 0 amide bonds. The van der Waals surface area contributed by atoms with Crippen molar-refractivity contribution in [2.75, 3.05) is 39.5 Å². The molecule has 1 aliphatic heterocycles. The molecule has 0 bridgehead atoms. The first-order valence-corrected chi connectivity index (χ1v) is 5.35. The predicted octanol–water partition coefficient (Wildman–Crippen LogP) is 1.30. The molecule has 1 atom stereocenters. The van der Waals surface area contributed by atoms with E-state index >= 15 is 0 Å². The summed E-state index contributed by atoms with van der Waals surface area (Å²) in [6, 6.07) is 0. The van der Waals surface area contributed by atoms with Gasteiger partial charge in [-0.25, -0.2) is 0 Å². The SMILES string of the molecule is C=CCC(C)OCCN1CCOCC1. The van der Waals surface area contributed by atoms with Gasteiger partial charge in [-0.3, -0.25) is 4.90 Å². The van der Waals surface area contributed by atoms with Crippen molar-refractivity contribution in [1.29, 1.82) is 0 Å². The number of hydrogen-bond acceptors (Lipinski definition) is 3.